The average Bonchev–Trinajstić information content (AvgIpc) is 3.20. The van der Waals surface area contributed by atoms with Crippen LogP contribution in [0.4, 0.5) is 13.2 Å². The van der Waals surface area contributed by atoms with Gasteiger partial charge in [-0.2, -0.15) is 0 Å². The van der Waals surface area contributed by atoms with Gasteiger partial charge in [0.25, 0.3) is 0 Å². The maximum atomic E-state index is 12.5. The fraction of sp³-hybridized carbons (Fsp3) is 0.312. The number of carboxylic acids is 1. The van der Waals surface area contributed by atoms with Crippen LogP contribution in [0.3, 0.4) is 0 Å². The molecule has 2 aromatic rings. The number of hydrogen-bond acceptors (Lipinski definition) is 5. The first-order chi connectivity index (χ1) is 12.2. The molecule has 10 heteroatoms. The SMILES string of the molecule is O=C(O)c1csc(CNC(=O)C2CC2c2ccccc2OC(F)(F)F)n1. The molecule has 2 atom stereocenters. The number of carbonyl (C=O) groups is 2. The summed E-state index contributed by atoms with van der Waals surface area (Å²) in [5.41, 5.74) is 0.245. The van der Waals surface area contributed by atoms with E-state index >= 15 is 0 Å². The number of alkyl halides is 3. The number of carboxylic acid groups (broad SMARTS) is 1. The van der Waals surface area contributed by atoms with Crippen molar-refractivity contribution < 1.29 is 32.6 Å². The highest BCUT2D eigenvalue weighted by Gasteiger charge is 2.46. The smallest absolute Gasteiger partial charge is 0.476 e. The maximum Gasteiger partial charge on any atom is 0.573 e. The molecular weight excluding hydrogens is 373 g/mol. The predicted molar refractivity (Wildman–Crippen MR) is 84.9 cm³/mol. The Morgan fingerprint density at radius 1 is 1.35 bits per heavy atom. The van der Waals surface area contributed by atoms with Crippen LogP contribution in [0, 0.1) is 5.92 Å². The van der Waals surface area contributed by atoms with Gasteiger partial charge in [-0.1, -0.05) is 18.2 Å². The van der Waals surface area contributed by atoms with Crippen LogP contribution < -0.4 is 10.1 Å². The average molecular weight is 386 g/mol. The first kappa shape index (κ1) is 18.2. The minimum Gasteiger partial charge on any atom is -0.476 e. The molecular formula is C16H13F3N2O4S. The molecule has 26 heavy (non-hydrogen) atoms. The molecule has 1 aliphatic carbocycles. The van der Waals surface area contributed by atoms with Crippen molar-refractivity contribution in [3.63, 3.8) is 0 Å². The lowest BCUT2D eigenvalue weighted by Gasteiger charge is -2.13. The Kier molecular flexibility index (Phi) is 4.86. The number of carbonyl (C=O) groups excluding carboxylic acids is 1. The fourth-order valence-electron chi connectivity index (χ4n) is 2.62. The van der Waals surface area contributed by atoms with Crippen molar-refractivity contribution in [3.8, 4) is 5.75 Å². The Morgan fingerprint density at radius 3 is 2.73 bits per heavy atom. The summed E-state index contributed by atoms with van der Waals surface area (Å²) < 4.78 is 41.5. The monoisotopic (exact) mass is 386 g/mol. The summed E-state index contributed by atoms with van der Waals surface area (Å²) in [7, 11) is 0. The van der Waals surface area contributed by atoms with Crippen LogP contribution in [0.5, 0.6) is 5.75 Å². The van der Waals surface area contributed by atoms with Crippen molar-refractivity contribution in [3.05, 3.63) is 45.9 Å². The van der Waals surface area contributed by atoms with Crippen molar-refractivity contribution in [1.82, 2.24) is 10.3 Å². The molecule has 0 spiro atoms. The zero-order valence-electron chi connectivity index (χ0n) is 13.1. The number of benzene rings is 1. The summed E-state index contributed by atoms with van der Waals surface area (Å²) in [6.07, 6.45) is -4.38. The van der Waals surface area contributed by atoms with E-state index in [1.807, 2.05) is 0 Å². The van der Waals surface area contributed by atoms with E-state index in [0.717, 1.165) is 11.3 Å². The molecule has 3 rings (SSSR count). The zero-order chi connectivity index (χ0) is 18.9. The second-order valence-electron chi connectivity index (χ2n) is 5.68. The van der Waals surface area contributed by atoms with Gasteiger partial charge in [0.05, 0.1) is 6.54 Å². The topological polar surface area (TPSA) is 88.5 Å². The summed E-state index contributed by atoms with van der Waals surface area (Å²) in [6.45, 7) is 0.0701. The van der Waals surface area contributed by atoms with Crippen LogP contribution in [-0.4, -0.2) is 28.3 Å². The number of nitrogens with one attached hydrogen (secondary N) is 1. The Morgan fingerprint density at radius 2 is 2.08 bits per heavy atom. The van der Waals surface area contributed by atoms with Crippen LogP contribution in [-0.2, 0) is 11.3 Å². The molecule has 1 aromatic carbocycles. The number of aromatic nitrogens is 1. The zero-order valence-corrected chi connectivity index (χ0v) is 13.9. The first-order valence-corrected chi connectivity index (χ1v) is 8.42. The lowest BCUT2D eigenvalue weighted by atomic mass is 10.1. The number of rotatable bonds is 6. The summed E-state index contributed by atoms with van der Waals surface area (Å²) in [5, 5.41) is 13.2. The maximum absolute atomic E-state index is 12.5. The number of thiazole rings is 1. The second kappa shape index (κ2) is 6.94. The van der Waals surface area contributed by atoms with E-state index in [4.69, 9.17) is 5.11 Å². The molecule has 0 aliphatic heterocycles. The number of amides is 1. The minimum absolute atomic E-state index is 0.0701. The van der Waals surface area contributed by atoms with Gasteiger partial charge >= 0.3 is 12.3 Å². The second-order valence-corrected chi connectivity index (χ2v) is 6.63. The third-order valence-electron chi connectivity index (χ3n) is 3.86. The lowest BCUT2D eigenvalue weighted by Crippen LogP contribution is -2.25. The molecule has 2 N–H and O–H groups in total. The van der Waals surface area contributed by atoms with Gasteiger partial charge in [0.15, 0.2) is 5.69 Å². The molecule has 138 valence electrons. The summed E-state index contributed by atoms with van der Waals surface area (Å²) in [5.74, 6) is -2.57. The predicted octanol–water partition coefficient (Wildman–Crippen LogP) is 3.16. The molecule has 1 amide bonds. The summed E-state index contributed by atoms with van der Waals surface area (Å²) in [6, 6.07) is 5.76. The van der Waals surface area contributed by atoms with Crippen LogP contribution in [0.1, 0.15) is 33.4 Å². The highest BCUT2D eigenvalue weighted by Crippen LogP contribution is 2.51. The summed E-state index contributed by atoms with van der Waals surface area (Å²) in [4.78, 5) is 26.8. The van der Waals surface area contributed by atoms with E-state index in [2.05, 4.69) is 15.0 Å². The highest BCUT2D eigenvalue weighted by molar-refractivity contribution is 7.09. The van der Waals surface area contributed by atoms with Gasteiger partial charge in [-0.15, -0.1) is 24.5 Å². The first-order valence-electron chi connectivity index (χ1n) is 7.54. The van der Waals surface area contributed by atoms with Crippen LogP contribution in [0.15, 0.2) is 29.6 Å². The van der Waals surface area contributed by atoms with Gasteiger partial charge in [-0.25, -0.2) is 9.78 Å². The van der Waals surface area contributed by atoms with Crippen molar-refractivity contribution >= 4 is 23.2 Å². The van der Waals surface area contributed by atoms with E-state index in [1.165, 1.54) is 23.6 Å². The van der Waals surface area contributed by atoms with Gasteiger partial charge in [0.1, 0.15) is 10.8 Å². The number of hydrogen-bond donors (Lipinski definition) is 2. The molecule has 1 aliphatic rings. The van der Waals surface area contributed by atoms with Crippen molar-refractivity contribution in [2.45, 2.75) is 25.2 Å². The Labute approximate surface area is 149 Å². The Bertz CT molecular complexity index is 837. The van der Waals surface area contributed by atoms with E-state index in [0.29, 0.717) is 17.0 Å². The highest BCUT2D eigenvalue weighted by atomic mass is 32.1. The van der Waals surface area contributed by atoms with Crippen molar-refractivity contribution in [1.29, 1.82) is 0 Å². The molecule has 1 saturated carbocycles. The Balaban J connectivity index is 1.60. The molecule has 0 radical (unpaired) electrons. The Hall–Kier alpha value is -2.62. The third-order valence-corrected chi connectivity index (χ3v) is 4.70. The van der Waals surface area contributed by atoms with Gasteiger partial charge in [-0.3, -0.25) is 4.79 Å². The molecule has 0 bridgehead atoms. The van der Waals surface area contributed by atoms with Crippen LogP contribution in [0.25, 0.3) is 0 Å². The number of aromatic carboxylic acids is 1. The summed E-state index contributed by atoms with van der Waals surface area (Å²) >= 11 is 1.11. The number of para-hydroxylation sites is 1. The van der Waals surface area contributed by atoms with Crippen LogP contribution in [0.2, 0.25) is 0 Å². The van der Waals surface area contributed by atoms with E-state index in [9.17, 15) is 22.8 Å². The largest absolute Gasteiger partial charge is 0.573 e. The van der Waals surface area contributed by atoms with Crippen molar-refractivity contribution in [2.75, 3.05) is 0 Å². The van der Waals surface area contributed by atoms with Gasteiger partial charge in [0.2, 0.25) is 5.91 Å². The van der Waals surface area contributed by atoms with E-state index < -0.39 is 18.2 Å². The number of nitrogens with zero attached hydrogens (tertiary/aromatic N) is 1. The molecule has 2 unspecified atom stereocenters. The van der Waals surface area contributed by atoms with E-state index in [1.54, 1.807) is 6.07 Å². The van der Waals surface area contributed by atoms with E-state index in [-0.39, 0.29) is 29.8 Å². The molecule has 6 nitrogen and oxygen atoms in total. The van der Waals surface area contributed by atoms with Crippen molar-refractivity contribution in [2.24, 2.45) is 5.92 Å². The third kappa shape index (κ3) is 4.31. The quantitative estimate of drug-likeness (QED) is 0.796. The van der Waals surface area contributed by atoms with Gasteiger partial charge in [-0.05, 0) is 24.0 Å². The fourth-order valence-corrected chi connectivity index (χ4v) is 3.32. The van der Waals surface area contributed by atoms with Crippen LogP contribution >= 0.6 is 11.3 Å². The molecule has 1 fully saturated rings. The van der Waals surface area contributed by atoms with Gasteiger partial charge in [0, 0.05) is 11.3 Å². The van der Waals surface area contributed by atoms with Gasteiger partial charge < -0.3 is 15.2 Å². The normalized spacial score (nSPS) is 19.0. The minimum atomic E-state index is -4.80. The molecule has 1 heterocycles. The number of ether oxygens (including phenoxy) is 1. The standard InChI is InChI=1S/C16H13F3N2O4S/c17-16(18,19)25-12-4-2-1-3-8(12)9-5-10(9)14(22)20-6-13-21-11(7-26-13)15(23)24/h1-4,7,9-10H,5-6H2,(H,20,22)(H,23,24). The lowest BCUT2D eigenvalue weighted by molar-refractivity contribution is -0.274. The number of halogens is 3. The molecule has 1 aromatic heterocycles. The molecule has 0 saturated heterocycles.